The zero-order valence-corrected chi connectivity index (χ0v) is 26.8. The SMILES string of the molecule is COc1cncc(-c2ccc(C(=O)c3c(CC(C)(C)C(=O)O)c(C(=O)C(C)(C)C)c4cc(OCc5ccccn5)ccn34)cc2)c1. The molecule has 4 aromatic heterocycles. The molecule has 1 N–H and O–H groups in total. The molecule has 0 fully saturated rings. The molecule has 1 aromatic carbocycles. The van der Waals surface area contributed by atoms with Crippen molar-refractivity contribution in [1.82, 2.24) is 14.4 Å². The monoisotopic (exact) mass is 619 g/mol. The molecule has 46 heavy (non-hydrogen) atoms. The number of carbonyl (C=O) groups excluding carboxylic acids is 2. The number of Topliss-reactive ketones (excluding diaryl/α,β-unsaturated/α-hetero) is 1. The van der Waals surface area contributed by atoms with Gasteiger partial charge in [0.25, 0.3) is 0 Å². The molecule has 0 aliphatic rings. The number of hydrogen-bond donors (Lipinski definition) is 1. The van der Waals surface area contributed by atoms with E-state index in [-0.39, 0.29) is 30.3 Å². The molecule has 4 heterocycles. The number of carboxylic acids is 1. The Hall–Kier alpha value is -5.31. The third-order valence-electron chi connectivity index (χ3n) is 7.87. The van der Waals surface area contributed by atoms with Gasteiger partial charge in [0, 0.05) is 46.8 Å². The topological polar surface area (TPSA) is 120 Å². The Morgan fingerprint density at radius 3 is 2.26 bits per heavy atom. The van der Waals surface area contributed by atoms with Crippen LogP contribution in [0.25, 0.3) is 16.6 Å². The summed E-state index contributed by atoms with van der Waals surface area (Å²) in [7, 11) is 1.57. The van der Waals surface area contributed by atoms with Gasteiger partial charge in [-0.1, -0.05) is 51.1 Å². The Kier molecular flexibility index (Phi) is 8.79. The van der Waals surface area contributed by atoms with Crippen LogP contribution in [0.2, 0.25) is 0 Å². The predicted molar refractivity (Wildman–Crippen MR) is 175 cm³/mol. The summed E-state index contributed by atoms with van der Waals surface area (Å²) in [5, 5.41) is 10.1. The summed E-state index contributed by atoms with van der Waals surface area (Å²) in [4.78, 5) is 49.4. The number of aliphatic carboxylic acids is 1. The van der Waals surface area contributed by atoms with Crippen molar-refractivity contribution < 1.29 is 29.0 Å². The van der Waals surface area contributed by atoms with Gasteiger partial charge in [0.2, 0.25) is 5.78 Å². The first-order valence-electron chi connectivity index (χ1n) is 14.9. The van der Waals surface area contributed by atoms with Crippen LogP contribution in [0.1, 0.15) is 72.3 Å². The number of methoxy groups -OCH3 is 1. The molecular weight excluding hydrogens is 582 g/mol. The summed E-state index contributed by atoms with van der Waals surface area (Å²) in [5.74, 6) is -0.481. The van der Waals surface area contributed by atoms with Crippen LogP contribution in [0.3, 0.4) is 0 Å². The quantitative estimate of drug-likeness (QED) is 0.156. The third kappa shape index (κ3) is 6.54. The lowest BCUT2D eigenvalue weighted by Crippen LogP contribution is -2.29. The van der Waals surface area contributed by atoms with Crippen molar-refractivity contribution in [2.24, 2.45) is 10.8 Å². The van der Waals surface area contributed by atoms with E-state index in [4.69, 9.17) is 9.47 Å². The van der Waals surface area contributed by atoms with Crippen molar-refractivity contribution >= 4 is 23.1 Å². The minimum Gasteiger partial charge on any atom is -0.495 e. The number of hydrogen-bond acceptors (Lipinski definition) is 7. The van der Waals surface area contributed by atoms with Gasteiger partial charge in [0.15, 0.2) is 5.78 Å². The lowest BCUT2D eigenvalue weighted by molar-refractivity contribution is -0.146. The Morgan fingerprint density at radius 1 is 0.891 bits per heavy atom. The zero-order valence-electron chi connectivity index (χ0n) is 26.8. The number of fused-ring (bicyclic) bond motifs is 1. The van der Waals surface area contributed by atoms with Crippen LogP contribution in [0, 0.1) is 10.8 Å². The normalized spacial score (nSPS) is 11.8. The van der Waals surface area contributed by atoms with E-state index in [2.05, 4.69) is 9.97 Å². The molecule has 0 unspecified atom stereocenters. The van der Waals surface area contributed by atoms with Gasteiger partial charge in [-0.2, -0.15) is 0 Å². The molecule has 0 saturated carbocycles. The minimum absolute atomic E-state index is 0.0417. The van der Waals surface area contributed by atoms with E-state index < -0.39 is 16.8 Å². The molecule has 0 atom stereocenters. The lowest BCUT2D eigenvalue weighted by Gasteiger charge is -2.22. The second kappa shape index (κ2) is 12.6. The van der Waals surface area contributed by atoms with Gasteiger partial charge < -0.3 is 19.0 Å². The second-order valence-electron chi connectivity index (χ2n) is 12.9. The number of pyridine rings is 3. The number of aromatic nitrogens is 3. The molecule has 0 amide bonds. The summed E-state index contributed by atoms with van der Waals surface area (Å²) in [6.07, 6.45) is 6.67. The van der Waals surface area contributed by atoms with Gasteiger partial charge in [-0.05, 0) is 55.7 Å². The fourth-order valence-electron chi connectivity index (χ4n) is 5.22. The summed E-state index contributed by atoms with van der Waals surface area (Å²) in [6, 6.07) is 17.9. The number of carboxylic acid groups (broad SMARTS) is 1. The fraction of sp³-hybridized carbons (Fsp3) is 0.270. The minimum atomic E-state index is -1.27. The van der Waals surface area contributed by atoms with Crippen molar-refractivity contribution in [3.63, 3.8) is 0 Å². The van der Waals surface area contributed by atoms with Crippen molar-refractivity contribution in [2.75, 3.05) is 7.11 Å². The summed E-state index contributed by atoms with van der Waals surface area (Å²) < 4.78 is 13.0. The van der Waals surface area contributed by atoms with Crippen LogP contribution >= 0.6 is 0 Å². The standard InChI is InChI=1S/C37H37N3O6/c1-36(2,3)34(42)31-29(19-37(4,5)35(43)44)32(40-16-14-27(18-30(31)40)46-22-26-9-7-8-15-39-26)33(41)24-12-10-23(11-13-24)25-17-28(45-6)21-38-20-25/h7-18,20-21H,19,22H2,1-6H3,(H,43,44). The lowest BCUT2D eigenvalue weighted by atomic mass is 9.79. The molecule has 5 aromatic rings. The van der Waals surface area contributed by atoms with E-state index in [0.717, 1.165) is 16.8 Å². The maximum Gasteiger partial charge on any atom is 0.309 e. The van der Waals surface area contributed by atoms with E-state index in [1.54, 1.807) is 95.2 Å². The van der Waals surface area contributed by atoms with Gasteiger partial charge in [0.05, 0.1) is 35.6 Å². The zero-order chi connectivity index (χ0) is 33.2. The highest BCUT2D eigenvalue weighted by atomic mass is 16.5. The number of benzene rings is 1. The van der Waals surface area contributed by atoms with Crippen molar-refractivity contribution in [2.45, 2.75) is 47.6 Å². The molecule has 0 spiro atoms. The van der Waals surface area contributed by atoms with E-state index in [1.807, 2.05) is 36.4 Å². The van der Waals surface area contributed by atoms with E-state index in [1.165, 1.54) is 0 Å². The average Bonchev–Trinajstić information content (AvgIpc) is 3.35. The van der Waals surface area contributed by atoms with Gasteiger partial charge >= 0.3 is 5.97 Å². The molecule has 236 valence electrons. The second-order valence-corrected chi connectivity index (χ2v) is 12.9. The first-order valence-corrected chi connectivity index (χ1v) is 14.9. The number of ether oxygens (including phenoxy) is 2. The van der Waals surface area contributed by atoms with E-state index in [9.17, 15) is 19.5 Å². The maximum absolute atomic E-state index is 14.4. The fourth-order valence-corrected chi connectivity index (χ4v) is 5.22. The molecule has 0 aliphatic heterocycles. The highest BCUT2D eigenvalue weighted by Crippen LogP contribution is 2.37. The average molecular weight is 620 g/mol. The van der Waals surface area contributed by atoms with Gasteiger partial charge in [-0.15, -0.1) is 0 Å². The van der Waals surface area contributed by atoms with Crippen molar-refractivity contribution in [1.29, 1.82) is 0 Å². The highest BCUT2D eigenvalue weighted by Gasteiger charge is 2.37. The molecular formula is C37H37N3O6. The van der Waals surface area contributed by atoms with Crippen LogP contribution in [0.4, 0.5) is 0 Å². The first kappa shape index (κ1) is 32.1. The Bertz CT molecular complexity index is 1920. The molecule has 5 rings (SSSR count). The Morgan fingerprint density at radius 2 is 1.63 bits per heavy atom. The van der Waals surface area contributed by atoms with Gasteiger partial charge in [0.1, 0.15) is 18.1 Å². The predicted octanol–water partition coefficient (Wildman–Crippen LogP) is 7.10. The largest absolute Gasteiger partial charge is 0.495 e. The summed E-state index contributed by atoms with van der Waals surface area (Å²) in [5.41, 5.74) is 2.11. The van der Waals surface area contributed by atoms with E-state index >= 15 is 0 Å². The van der Waals surface area contributed by atoms with Gasteiger partial charge in [-0.25, -0.2) is 0 Å². The third-order valence-corrected chi connectivity index (χ3v) is 7.87. The molecule has 0 saturated heterocycles. The van der Waals surface area contributed by atoms with Crippen LogP contribution < -0.4 is 9.47 Å². The number of ketones is 2. The van der Waals surface area contributed by atoms with Crippen LogP contribution in [-0.2, 0) is 17.8 Å². The number of carbonyl (C=O) groups is 3. The first-order chi connectivity index (χ1) is 21.8. The molecule has 9 heteroatoms. The smallest absolute Gasteiger partial charge is 0.309 e. The Balaban J connectivity index is 1.67. The van der Waals surface area contributed by atoms with Crippen molar-refractivity contribution in [3.05, 3.63) is 114 Å². The molecule has 9 nitrogen and oxygen atoms in total. The van der Waals surface area contributed by atoms with Crippen LogP contribution in [0.5, 0.6) is 11.5 Å². The number of rotatable bonds is 11. The van der Waals surface area contributed by atoms with Crippen molar-refractivity contribution in [3.8, 4) is 22.6 Å². The number of nitrogens with zero attached hydrogens (tertiary/aromatic N) is 3. The molecule has 0 aliphatic carbocycles. The van der Waals surface area contributed by atoms with E-state index in [0.29, 0.717) is 33.7 Å². The summed E-state index contributed by atoms with van der Waals surface area (Å²) in [6.45, 7) is 8.81. The molecule has 0 bridgehead atoms. The summed E-state index contributed by atoms with van der Waals surface area (Å²) >= 11 is 0. The Labute approximate surface area is 267 Å². The maximum atomic E-state index is 14.4. The van der Waals surface area contributed by atoms with Crippen LogP contribution in [0.15, 0.2) is 85.5 Å². The van der Waals surface area contributed by atoms with Crippen LogP contribution in [-0.4, -0.2) is 44.1 Å². The molecule has 0 radical (unpaired) electrons. The van der Waals surface area contributed by atoms with Gasteiger partial charge in [-0.3, -0.25) is 24.4 Å². The highest BCUT2D eigenvalue weighted by molar-refractivity contribution is 6.15.